The number of nitrogens with two attached hydrogens (primary N) is 1. The van der Waals surface area contributed by atoms with Crippen LogP contribution in [0.4, 0.5) is 5.69 Å². The molecule has 1 fully saturated rings. The summed E-state index contributed by atoms with van der Waals surface area (Å²) < 4.78 is 5.51. The number of anilines is 1. The average molecular weight is 305 g/mol. The van der Waals surface area contributed by atoms with Gasteiger partial charge in [-0.3, -0.25) is 4.79 Å². The van der Waals surface area contributed by atoms with Crippen LogP contribution in [0.15, 0.2) is 18.2 Å². The Morgan fingerprint density at radius 3 is 2.79 bits per heavy atom. The zero-order valence-corrected chi connectivity index (χ0v) is 12.5. The highest BCUT2D eigenvalue weighted by Crippen LogP contribution is 2.23. The summed E-state index contributed by atoms with van der Waals surface area (Å²) in [6.07, 6.45) is 0.0534. The van der Waals surface area contributed by atoms with Crippen LogP contribution >= 0.6 is 24.0 Å². The summed E-state index contributed by atoms with van der Waals surface area (Å²) in [7, 11) is 0. The van der Waals surface area contributed by atoms with Crippen molar-refractivity contribution in [1.82, 2.24) is 4.90 Å². The minimum absolute atomic E-state index is 0. The predicted molar refractivity (Wildman–Crippen MR) is 79.0 cm³/mol. The molecule has 19 heavy (non-hydrogen) atoms. The standard InChI is InChI=1S/C13H17ClN2O2.ClH/c1-8-7-18-9(2)6-16(8)13(17)11-4-3-10(15)5-12(11)14;/h3-5,8-9H,6-7,15H2,1-2H3;1H. The van der Waals surface area contributed by atoms with Crippen LogP contribution in [-0.4, -0.2) is 36.1 Å². The molecule has 0 aromatic heterocycles. The minimum atomic E-state index is -0.0670. The normalized spacial score (nSPS) is 22.8. The maximum Gasteiger partial charge on any atom is 0.255 e. The second-order valence-electron chi connectivity index (χ2n) is 4.69. The molecule has 1 aromatic carbocycles. The predicted octanol–water partition coefficient (Wildman–Crippen LogP) is 2.59. The topological polar surface area (TPSA) is 55.6 Å². The summed E-state index contributed by atoms with van der Waals surface area (Å²) in [6.45, 7) is 5.06. The Balaban J connectivity index is 0.00000180. The molecule has 2 unspecified atom stereocenters. The van der Waals surface area contributed by atoms with Crippen molar-refractivity contribution in [1.29, 1.82) is 0 Å². The molecule has 1 aliphatic heterocycles. The van der Waals surface area contributed by atoms with E-state index in [2.05, 4.69) is 0 Å². The molecule has 4 nitrogen and oxygen atoms in total. The number of amides is 1. The monoisotopic (exact) mass is 304 g/mol. The van der Waals surface area contributed by atoms with Crippen molar-refractivity contribution in [3.05, 3.63) is 28.8 Å². The molecule has 0 bridgehead atoms. The number of carbonyl (C=O) groups excluding carboxylic acids is 1. The number of rotatable bonds is 1. The van der Waals surface area contributed by atoms with Crippen LogP contribution in [0.25, 0.3) is 0 Å². The van der Waals surface area contributed by atoms with Gasteiger partial charge in [0, 0.05) is 12.2 Å². The molecule has 106 valence electrons. The first-order valence-corrected chi connectivity index (χ1v) is 6.34. The summed E-state index contributed by atoms with van der Waals surface area (Å²) in [5.41, 5.74) is 6.67. The molecule has 1 saturated heterocycles. The molecule has 2 N–H and O–H groups in total. The van der Waals surface area contributed by atoms with Crippen molar-refractivity contribution in [3.63, 3.8) is 0 Å². The van der Waals surface area contributed by atoms with Crippen molar-refractivity contribution >= 4 is 35.6 Å². The van der Waals surface area contributed by atoms with Gasteiger partial charge in [0.05, 0.1) is 29.3 Å². The molecule has 2 atom stereocenters. The summed E-state index contributed by atoms with van der Waals surface area (Å²) >= 11 is 6.07. The van der Waals surface area contributed by atoms with E-state index in [9.17, 15) is 4.79 Å². The Labute approximate surface area is 124 Å². The quantitative estimate of drug-likeness (QED) is 0.811. The highest BCUT2D eigenvalue weighted by molar-refractivity contribution is 6.34. The van der Waals surface area contributed by atoms with E-state index in [1.165, 1.54) is 0 Å². The van der Waals surface area contributed by atoms with Crippen molar-refractivity contribution in [2.45, 2.75) is 26.0 Å². The van der Waals surface area contributed by atoms with E-state index < -0.39 is 0 Å². The zero-order valence-electron chi connectivity index (χ0n) is 10.9. The van der Waals surface area contributed by atoms with Crippen molar-refractivity contribution in [2.75, 3.05) is 18.9 Å². The lowest BCUT2D eigenvalue weighted by atomic mass is 10.1. The molecule has 1 heterocycles. The fourth-order valence-corrected chi connectivity index (χ4v) is 2.32. The number of halogens is 2. The third kappa shape index (κ3) is 3.53. The molecule has 0 radical (unpaired) electrons. The number of nitrogen functional groups attached to an aromatic ring is 1. The van der Waals surface area contributed by atoms with Gasteiger partial charge in [-0.05, 0) is 32.0 Å². The summed E-state index contributed by atoms with van der Waals surface area (Å²) in [6, 6.07) is 5.02. The number of morpholine rings is 1. The molecule has 0 aliphatic carbocycles. The van der Waals surface area contributed by atoms with E-state index in [0.29, 0.717) is 29.4 Å². The van der Waals surface area contributed by atoms with Gasteiger partial charge in [0.15, 0.2) is 0 Å². The SMILES string of the molecule is CC1CN(C(=O)c2ccc(N)cc2Cl)C(C)CO1.Cl. The molecule has 6 heteroatoms. The molecule has 1 amide bonds. The molecular formula is C13H18Cl2N2O2. The van der Waals surface area contributed by atoms with E-state index in [4.69, 9.17) is 22.1 Å². The molecule has 0 spiro atoms. The first kappa shape index (κ1) is 16.1. The first-order chi connectivity index (χ1) is 8.49. The van der Waals surface area contributed by atoms with Gasteiger partial charge in [-0.25, -0.2) is 0 Å². The Bertz CT molecular complexity index is 468. The van der Waals surface area contributed by atoms with Crippen LogP contribution in [0, 0.1) is 0 Å². The van der Waals surface area contributed by atoms with Crippen molar-refractivity contribution in [2.24, 2.45) is 0 Å². The van der Waals surface area contributed by atoms with Crippen LogP contribution in [-0.2, 0) is 4.74 Å². The second-order valence-corrected chi connectivity index (χ2v) is 5.10. The Hall–Kier alpha value is -0.970. The zero-order chi connectivity index (χ0) is 13.3. The van der Waals surface area contributed by atoms with E-state index in [1.807, 2.05) is 13.8 Å². The van der Waals surface area contributed by atoms with Crippen LogP contribution in [0.3, 0.4) is 0 Å². The number of benzene rings is 1. The number of hydrogen-bond donors (Lipinski definition) is 1. The van der Waals surface area contributed by atoms with Gasteiger partial charge in [0.1, 0.15) is 0 Å². The smallest absolute Gasteiger partial charge is 0.255 e. The maximum atomic E-state index is 12.4. The second kappa shape index (κ2) is 6.46. The largest absolute Gasteiger partial charge is 0.399 e. The summed E-state index contributed by atoms with van der Waals surface area (Å²) in [5, 5.41) is 0.395. The number of hydrogen-bond acceptors (Lipinski definition) is 3. The van der Waals surface area contributed by atoms with E-state index in [-0.39, 0.29) is 30.5 Å². The third-order valence-electron chi connectivity index (χ3n) is 3.09. The maximum absolute atomic E-state index is 12.4. The van der Waals surface area contributed by atoms with Gasteiger partial charge in [0.25, 0.3) is 5.91 Å². The minimum Gasteiger partial charge on any atom is -0.399 e. The van der Waals surface area contributed by atoms with Gasteiger partial charge < -0.3 is 15.4 Å². The highest BCUT2D eigenvalue weighted by atomic mass is 35.5. The fourth-order valence-electron chi connectivity index (χ4n) is 2.05. The molecule has 1 aromatic rings. The summed E-state index contributed by atoms with van der Waals surface area (Å²) in [5.74, 6) is -0.0670. The number of ether oxygens (including phenoxy) is 1. The van der Waals surface area contributed by atoms with Crippen molar-refractivity contribution in [3.8, 4) is 0 Å². The lowest BCUT2D eigenvalue weighted by Crippen LogP contribution is -2.50. The van der Waals surface area contributed by atoms with E-state index >= 15 is 0 Å². The van der Waals surface area contributed by atoms with Gasteiger partial charge in [-0.1, -0.05) is 11.6 Å². The van der Waals surface area contributed by atoms with Gasteiger partial charge in [0.2, 0.25) is 0 Å². The van der Waals surface area contributed by atoms with Crippen LogP contribution in [0.2, 0.25) is 5.02 Å². The van der Waals surface area contributed by atoms with Crippen LogP contribution < -0.4 is 5.73 Å². The molecule has 2 rings (SSSR count). The molecule has 1 aliphatic rings. The van der Waals surface area contributed by atoms with Gasteiger partial charge in [-0.15, -0.1) is 12.4 Å². The van der Waals surface area contributed by atoms with Gasteiger partial charge in [-0.2, -0.15) is 0 Å². The summed E-state index contributed by atoms with van der Waals surface area (Å²) in [4.78, 5) is 14.2. The third-order valence-corrected chi connectivity index (χ3v) is 3.40. The van der Waals surface area contributed by atoms with Crippen LogP contribution in [0.5, 0.6) is 0 Å². The molecular weight excluding hydrogens is 287 g/mol. The lowest BCUT2D eigenvalue weighted by molar-refractivity contribution is -0.0387. The molecule has 0 saturated carbocycles. The van der Waals surface area contributed by atoms with E-state index in [0.717, 1.165) is 0 Å². The number of carbonyl (C=O) groups is 1. The Kier molecular flexibility index (Phi) is 5.47. The van der Waals surface area contributed by atoms with Crippen LogP contribution in [0.1, 0.15) is 24.2 Å². The Morgan fingerprint density at radius 1 is 1.47 bits per heavy atom. The number of nitrogens with zero attached hydrogens (tertiary/aromatic N) is 1. The van der Waals surface area contributed by atoms with Gasteiger partial charge >= 0.3 is 0 Å². The average Bonchev–Trinajstić information content (AvgIpc) is 2.31. The van der Waals surface area contributed by atoms with E-state index in [1.54, 1.807) is 23.1 Å². The Morgan fingerprint density at radius 2 is 2.16 bits per heavy atom. The first-order valence-electron chi connectivity index (χ1n) is 5.96. The fraction of sp³-hybridized carbons (Fsp3) is 0.462. The highest BCUT2D eigenvalue weighted by Gasteiger charge is 2.29. The van der Waals surface area contributed by atoms with Crippen molar-refractivity contribution < 1.29 is 9.53 Å². The lowest BCUT2D eigenvalue weighted by Gasteiger charge is -2.37.